The third-order valence-electron chi connectivity index (χ3n) is 5.09. The molecule has 24 heavy (non-hydrogen) atoms. The highest BCUT2D eigenvalue weighted by Crippen LogP contribution is 2.42. The molecule has 2 aromatic rings. The van der Waals surface area contributed by atoms with Crippen LogP contribution in [0.15, 0.2) is 42.5 Å². The van der Waals surface area contributed by atoms with Crippen molar-refractivity contribution in [2.24, 2.45) is 0 Å². The predicted octanol–water partition coefficient (Wildman–Crippen LogP) is 4.12. The molecule has 1 saturated carbocycles. The summed E-state index contributed by atoms with van der Waals surface area (Å²) in [4.78, 5) is 2.34. The molecule has 2 aliphatic rings. The highest BCUT2D eigenvalue weighted by Gasteiger charge is 2.27. The number of fused-ring (bicyclic) bond motifs is 1. The first-order chi connectivity index (χ1) is 11.7. The van der Waals surface area contributed by atoms with Crippen LogP contribution in [0.3, 0.4) is 0 Å². The van der Waals surface area contributed by atoms with Gasteiger partial charge in [0.2, 0.25) is 0 Å². The summed E-state index contributed by atoms with van der Waals surface area (Å²) in [5, 5.41) is 0. The minimum absolute atomic E-state index is 0.0166. The highest BCUT2D eigenvalue weighted by molar-refractivity contribution is 5.42. The summed E-state index contributed by atoms with van der Waals surface area (Å²) >= 11 is 0. The summed E-state index contributed by atoms with van der Waals surface area (Å²) in [7, 11) is 3.88. The first-order valence-corrected chi connectivity index (χ1v) is 8.81. The Balaban J connectivity index is 1.75. The molecule has 1 aliphatic heterocycles. The standard InChI is InChI=1S/C21H25NO2/c1-22-10-11-24-21(17-4-3-5-19(13-17)23-2)20-9-8-16(15-6-7-15)12-18(20)14-22/h3-5,8-9,12-13,15,21H,6-7,10-11,14H2,1-2H3/t21-/m1/s1. The number of hydrogen-bond acceptors (Lipinski definition) is 3. The van der Waals surface area contributed by atoms with Crippen LogP contribution in [0.1, 0.15) is 47.1 Å². The van der Waals surface area contributed by atoms with Gasteiger partial charge in [-0.25, -0.2) is 0 Å². The van der Waals surface area contributed by atoms with Gasteiger partial charge in [0, 0.05) is 13.1 Å². The van der Waals surface area contributed by atoms with Gasteiger partial charge in [-0.1, -0.05) is 30.3 Å². The molecule has 1 atom stereocenters. The summed E-state index contributed by atoms with van der Waals surface area (Å²) in [6, 6.07) is 15.2. The molecular formula is C21H25NO2. The lowest BCUT2D eigenvalue weighted by atomic mass is 9.93. The molecule has 126 valence electrons. The maximum atomic E-state index is 6.28. The second-order valence-corrected chi connectivity index (χ2v) is 7.00. The van der Waals surface area contributed by atoms with Gasteiger partial charge in [-0.05, 0) is 60.2 Å². The number of ether oxygens (including phenoxy) is 2. The third-order valence-corrected chi connectivity index (χ3v) is 5.09. The fourth-order valence-electron chi connectivity index (χ4n) is 3.56. The normalized spacial score (nSPS) is 21.7. The van der Waals surface area contributed by atoms with Crippen molar-refractivity contribution in [3.63, 3.8) is 0 Å². The van der Waals surface area contributed by atoms with Crippen LogP contribution in [-0.2, 0) is 11.3 Å². The van der Waals surface area contributed by atoms with E-state index in [0.717, 1.165) is 31.4 Å². The van der Waals surface area contributed by atoms with Gasteiger partial charge < -0.3 is 9.47 Å². The SMILES string of the molecule is COc1cccc([C@H]2OCCN(C)Cc3cc(C4CC4)ccc32)c1. The predicted molar refractivity (Wildman–Crippen MR) is 95.5 cm³/mol. The van der Waals surface area contributed by atoms with Crippen molar-refractivity contribution in [3.8, 4) is 5.75 Å². The molecule has 0 saturated heterocycles. The molecule has 3 nitrogen and oxygen atoms in total. The number of hydrogen-bond donors (Lipinski definition) is 0. The largest absolute Gasteiger partial charge is 0.497 e. The zero-order valence-electron chi connectivity index (χ0n) is 14.5. The van der Waals surface area contributed by atoms with Crippen LogP contribution in [0.2, 0.25) is 0 Å². The van der Waals surface area contributed by atoms with Crippen molar-refractivity contribution in [3.05, 3.63) is 64.7 Å². The molecule has 4 rings (SSSR count). The van der Waals surface area contributed by atoms with E-state index in [1.165, 1.54) is 35.1 Å². The summed E-state index contributed by atoms with van der Waals surface area (Å²) < 4.78 is 11.7. The van der Waals surface area contributed by atoms with E-state index < -0.39 is 0 Å². The van der Waals surface area contributed by atoms with Crippen molar-refractivity contribution in [2.45, 2.75) is 31.4 Å². The molecule has 1 fully saturated rings. The van der Waals surface area contributed by atoms with Gasteiger partial charge in [-0.2, -0.15) is 0 Å². The maximum Gasteiger partial charge on any atom is 0.119 e. The van der Waals surface area contributed by atoms with E-state index in [9.17, 15) is 0 Å². The van der Waals surface area contributed by atoms with E-state index in [1.54, 1.807) is 7.11 Å². The van der Waals surface area contributed by atoms with Gasteiger partial charge in [-0.3, -0.25) is 4.90 Å². The Morgan fingerprint density at radius 2 is 1.96 bits per heavy atom. The molecule has 0 spiro atoms. The van der Waals surface area contributed by atoms with Crippen LogP contribution in [0.25, 0.3) is 0 Å². The van der Waals surface area contributed by atoms with Gasteiger partial charge in [0.15, 0.2) is 0 Å². The van der Waals surface area contributed by atoms with Crippen molar-refractivity contribution in [1.82, 2.24) is 4.90 Å². The number of benzene rings is 2. The van der Waals surface area contributed by atoms with Crippen LogP contribution in [0, 0.1) is 0 Å². The smallest absolute Gasteiger partial charge is 0.119 e. The van der Waals surface area contributed by atoms with Crippen LogP contribution in [-0.4, -0.2) is 32.2 Å². The van der Waals surface area contributed by atoms with E-state index in [4.69, 9.17) is 9.47 Å². The van der Waals surface area contributed by atoms with Crippen LogP contribution in [0.4, 0.5) is 0 Å². The molecule has 3 heteroatoms. The van der Waals surface area contributed by atoms with Crippen molar-refractivity contribution in [2.75, 3.05) is 27.3 Å². The molecule has 0 aromatic heterocycles. The average molecular weight is 323 g/mol. The Morgan fingerprint density at radius 1 is 1.08 bits per heavy atom. The zero-order chi connectivity index (χ0) is 16.5. The van der Waals surface area contributed by atoms with E-state index in [2.05, 4.69) is 42.3 Å². The van der Waals surface area contributed by atoms with E-state index >= 15 is 0 Å². The molecule has 1 aliphatic carbocycles. The third kappa shape index (κ3) is 3.19. The quantitative estimate of drug-likeness (QED) is 0.848. The van der Waals surface area contributed by atoms with E-state index in [-0.39, 0.29) is 6.10 Å². The molecular weight excluding hydrogens is 298 g/mol. The Hall–Kier alpha value is -1.84. The number of likely N-dealkylation sites (N-methyl/N-ethyl adjacent to an activating group) is 1. The number of nitrogens with zero attached hydrogens (tertiary/aromatic N) is 1. The minimum atomic E-state index is -0.0166. The van der Waals surface area contributed by atoms with Gasteiger partial charge in [-0.15, -0.1) is 0 Å². The molecule has 0 radical (unpaired) electrons. The summed E-state index contributed by atoms with van der Waals surface area (Å²) in [5.74, 6) is 1.66. The Bertz CT molecular complexity index is 724. The van der Waals surface area contributed by atoms with Crippen molar-refractivity contribution in [1.29, 1.82) is 0 Å². The minimum Gasteiger partial charge on any atom is -0.497 e. The molecule has 0 unspecified atom stereocenters. The Morgan fingerprint density at radius 3 is 2.75 bits per heavy atom. The molecule has 0 bridgehead atoms. The molecule has 2 aromatic carbocycles. The van der Waals surface area contributed by atoms with E-state index in [0.29, 0.717) is 0 Å². The summed E-state index contributed by atoms with van der Waals surface area (Å²) in [5.41, 5.74) is 5.35. The average Bonchev–Trinajstić information content (AvgIpc) is 3.42. The lowest BCUT2D eigenvalue weighted by Crippen LogP contribution is -2.28. The first-order valence-electron chi connectivity index (χ1n) is 8.81. The van der Waals surface area contributed by atoms with Crippen molar-refractivity contribution >= 4 is 0 Å². The maximum absolute atomic E-state index is 6.28. The molecule has 0 amide bonds. The topological polar surface area (TPSA) is 21.7 Å². The highest BCUT2D eigenvalue weighted by atomic mass is 16.5. The van der Waals surface area contributed by atoms with Crippen LogP contribution < -0.4 is 4.74 Å². The lowest BCUT2D eigenvalue weighted by Gasteiger charge is -2.29. The van der Waals surface area contributed by atoms with Gasteiger partial charge in [0.25, 0.3) is 0 Å². The summed E-state index contributed by atoms with van der Waals surface area (Å²) in [6.07, 6.45) is 2.66. The Kier molecular flexibility index (Phi) is 4.30. The van der Waals surface area contributed by atoms with Gasteiger partial charge >= 0.3 is 0 Å². The van der Waals surface area contributed by atoms with Gasteiger partial charge in [0.05, 0.1) is 13.7 Å². The fraction of sp³-hybridized carbons (Fsp3) is 0.429. The fourth-order valence-corrected chi connectivity index (χ4v) is 3.56. The first kappa shape index (κ1) is 15.7. The second kappa shape index (κ2) is 6.58. The number of methoxy groups -OCH3 is 1. The van der Waals surface area contributed by atoms with Gasteiger partial charge in [0.1, 0.15) is 11.9 Å². The van der Waals surface area contributed by atoms with Crippen molar-refractivity contribution < 1.29 is 9.47 Å². The second-order valence-electron chi connectivity index (χ2n) is 7.00. The van der Waals surface area contributed by atoms with Crippen LogP contribution in [0.5, 0.6) is 5.75 Å². The zero-order valence-corrected chi connectivity index (χ0v) is 14.5. The monoisotopic (exact) mass is 323 g/mol. The molecule has 0 N–H and O–H groups in total. The number of rotatable bonds is 3. The van der Waals surface area contributed by atoms with Crippen LogP contribution >= 0.6 is 0 Å². The Labute approximate surface area is 144 Å². The van der Waals surface area contributed by atoms with E-state index in [1.807, 2.05) is 12.1 Å². The molecule has 1 heterocycles. The summed E-state index contributed by atoms with van der Waals surface area (Å²) in [6.45, 7) is 2.68. The lowest BCUT2D eigenvalue weighted by molar-refractivity contribution is 0.0552.